The van der Waals surface area contributed by atoms with Crippen LogP contribution in [0.25, 0.3) is 0 Å². The Morgan fingerprint density at radius 3 is 1.64 bits per heavy atom. The highest BCUT2D eigenvalue weighted by Crippen LogP contribution is 2.26. The van der Waals surface area contributed by atoms with E-state index in [9.17, 15) is 9.59 Å². The van der Waals surface area contributed by atoms with Crippen molar-refractivity contribution in [1.82, 2.24) is 5.32 Å². The summed E-state index contributed by atoms with van der Waals surface area (Å²) in [5.41, 5.74) is 3.15. The first-order valence-corrected chi connectivity index (χ1v) is 14.4. The molecule has 44 heavy (non-hydrogen) atoms. The molecule has 1 atom stereocenters. The van der Waals surface area contributed by atoms with E-state index in [2.05, 4.69) is 5.32 Å². The summed E-state index contributed by atoms with van der Waals surface area (Å²) in [5.74, 6) is 1.45. The highest BCUT2D eigenvalue weighted by Gasteiger charge is 2.25. The van der Waals surface area contributed by atoms with Gasteiger partial charge in [0.1, 0.15) is 48.7 Å². The Kier molecular flexibility index (Phi) is 11.2. The fourth-order valence-electron chi connectivity index (χ4n) is 4.27. The van der Waals surface area contributed by atoms with Gasteiger partial charge in [0.15, 0.2) is 0 Å². The van der Waals surface area contributed by atoms with Crippen molar-refractivity contribution in [3.05, 3.63) is 125 Å². The number of hydrogen-bond acceptors (Lipinski definition) is 7. The van der Waals surface area contributed by atoms with Crippen LogP contribution in [0, 0.1) is 0 Å². The number of carbonyl (C=O) groups is 2. The molecule has 0 saturated carbocycles. The van der Waals surface area contributed by atoms with Gasteiger partial charge in [-0.3, -0.25) is 0 Å². The zero-order valence-corrected chi connectivity index (χ0v) is 25.6. The highest BCUT2D eigenvalue weighted by molar-refractivity contribution is 5.81. The van der Waals surface area contributed by atoms with Crippen molar-refractivity contribution in [2.45, 2.75) is 58.7 Å². The van der Waals surface area contributed by atoms with Crippen molar-refractivity contribution in [3.63, 3.8) is 0 Å². The standard InChI is InChI=1S/C36H39NO7/c1-36(2,3)44-35(39)37-33(34(38)40-4)21-26-15-17-30(18-16-26)41-25-29-19-31(42-23-27-11-7-5-8-12-27)22-32(20-29)43-24-28-13-9-6-10-14-28/h5-20,22,33H,21,23-25H2,1-4H3,(H,37,39). The van der Waals surface area contributed by atoms with Gasteiger partial charge in [0, 0.05) is 12.5 Å². The van der Waals surface area contributed by atoms with Crippen LogP contribution in [-0.4, -0.2) is 30.8 Å². The number of alkyl carbamates (subject to hydrolysis) is 1. The van der Waals surface area contributed by atoms with Gasteiger partial charge in [-0.15, -0.1) is 0 Å². The van der Waals surface area contributed by atoms with Crippen LogP contribution in [0.1, 0.15) is 43.0 Å². The van der Waals surface area contributed by atoms with Gasteiger partial charge in [-0.2, -0.15) is 0 Å². The minimum absolute atomic E-state index is 0.231. The van der Waals surface area contributed by atoms with Gasteiger partial charge in [-0.1, -0.05) is 72.8 Å². The summed E-state index contributed by atoms with van der Waals surface area (Å²) in [5, 5.41) is 2.60. The fraction of sp³-hybridized carbons (Fsp3) is 0.278. The van der Waals surface area contributed by atoms with E-state index in [0.717, 1.165) is 22.3 Å². The van der Waals surface area contributed by atoms with Crippen molar-refractivity contribution in [3.8, 4) is 17.2 Å². The minimum atomic E-state index is -0.894. The molecule has 0 spiro atoms. The van der Waals surface area contributed by atoms with E-state index < -0.39 is 23.7 Å². The van der Waals surface area contributed by atoms with Crippen LogP contribution >= 0.6 is 0 Å². The first-order valence-electron chi connectivity index (χ1n) is 14.4. The van der Waals surface area contributed by atoms with Gasteiger partial charge in [-0.25, -0.2) is 9.59 Å². The van der Waals surface area contributed by atoms with Crippen LogP contribution in [0.4, 0.5) is 4.79 Å². The van der Waals surface area contributed by atoms with Gasteiger partial charge in [0.2, 0.25) is 0 Å². The summed E-state index contributed by atoms with van der Waals surface area (Å²) < 4.78 is 28.5. The normalized spacial score (nSPS) is 11.6. The van der Waals surface area contributed by atoms with Gasteiger partial charge in [-0.05, 0) is 67.3 Å². The first kappa shape index (κ1) is 31.9. The van der Waals surface area contributed by atoms with Crippen molar-refractivity contribution in [2.24, 2.45) is 0 Å². The second-order valence-electron chi connectivity index (χ2n) is 11.2. The Labute approximate surface area is 258 Å². The number of amides is 1. The molecule has 0 saturated heterocycles. The Bertz CT molecular complexity index is 1420. The fourth-order valence-corrected chi connectivity index (χ4v) is 4.27. The average molecular weight is 598 g/mol. The zero-order chi connectivity index (χ0) is 31.4. The monoisotopic (exact) mass is 597 g/mol. The van der Waals surface area contributed by atoms with E-state index in [1.165, 1.54) is 7.11 Å². The third kappa shape index (κ3) is 10.7. The lowest BCUT2D eigenvalue weighted by Crippen LogP contribution is -2.45. The molecule has 0 fully saturated rings. The highest BCUT2D eigenvalue weighted by atomic mass is 16.6. The lowest BCUT2D eigenvalue weighted by molar-refractivity contribution is -0.143. The predicted molar refractivity (Wildman–Crippen MR) is 168 cm³/mol. The number of esters is 1. The topological polar surface area (TPSA) is 92.3 Å². The molecule has 4 rings (SSSR count). The maximum Gasteiger partial charge on any atom is 0.408 e. The minimum Gasteiger partial charge on any atom is -0.489 e. The largest absolute Gasteiger partial charge is 0.489 e. The molecular formula is C36H39NO7. The van der Waals surface area contributed by atoms with Crippen LogP contribution in [0.5, 0.6) is 17.2 Å². The molecule has 0 heterocycles. The number of methoxy groups -OCH3 is 1. The quantitative estimate of drug-likeness (QED) is 0.165. The summed E-state index contributed by atoms with van der Waals surface area (Å²) in [7, 11) is 1.28. The molecule has 0 aliphatic rings. The Morgan fingerprint density at radius 2 is 1.14 bits per heavy atom. The molecule has 0 radical (unpaired) electrons. The third-order valence-electron chi connectivity index (χ3n) is 6.38. The molecule has 8 heteroatoms. The van der Waals surface area contributed by atoms with Crippen molar-refractivity contribution >= 4 is 12.1 Å². The van der Waals surface area contributed by atoms with Crippen LogP contribution in [-0.2, 0) is 40.5 Å². The average Bonchev–Trinajstić information content (AvgIpc) is 3.02. The number of hydrogen-bond donors (Lipinski definition) is 1. The summed E-state index contributed by atoms with van der Waals surface area (Å²) in [6.07, 6.45) is -0.454. The Morgan fingerprint density at radius 1 is 0.636 bits per heavy atom. The van der Waals surface area contributed by atoms with Crippen molar-refractivity contribution in [1.29, 1.82) is 0 Å². The van der Waals surface area contributed by atoms with E-state index in [4.69, 9.17) is 23.7 Å². The molecule has 0 aliphatic heterocycles. The van der Waals surface area contributed by atoms with Gasteiger partial charge in [0.25, 0.3) is 0 Å². The van der Waals surface area contributed by atoms with Crippen LogP contribution in [0.2, 0.25) is 0 Å². The van der Waals surface area contributed by atoms with E-state index in [1.54, 1.807) is 20.8 Å². The summed E-state index contributed by atoms with van der Waals surface area (Å²) in [6, 6.07) is 32.1. The zero-order valence-electron chi connectivity index (χ0n) is 25.6. The third-order valence-corrected chi connectivity index (χ3v) is 6.38. The van der Waals surface area contributed by atoms with Gasteiger partial charge < -0.3 is 29.0 Å². The number of ether oxygens (including phenoxy) is 5. The molecule has 4 aromatic rings. The van der Waals surface area contributed by atoms with Gasteiger partial charge in [0.05, 0.1) is 7.11 Å². The van der Waals surface area contributed by atoms with Crippen LogP contribution in [0.15, 0.2) is 103 Å². The lowest BCUT2D eigenvalue weighted by atomic mass is 10.1. The maximum atomic E-state index is 12.3. The van der Waals surface area contributed by atoms with E-state index in [1.807, 2.05) is 103 Å². The number of carbonyl (C=O) groups excluding carboxylic acids is 2. The second kappa shape index (κ2) is 15.5. The van der Waals surface area contributed by atoms with Crippen molar-refractivity contribution < 1.29 is 33.3 Å². The SMILES string of the molecule is COC(=O)C(Cc1ccc(OCc2cc(OCc3ccccc3)cc(OCc3ccccc3)c2)cc1)NC(=O)OC(C)(C)C. The summed E-state index contributed by atoms with van der Waals surface area (Å²) in [6.45, 7) is 6.41. The molecule has 4 aromatic carbocycles. The molecule has 1 unspecified atom stereocenters. The molecule has 1 amide bonds. The molecule has 1 N–H and O–H groups in total. The predicted octanol–water partition coefficient (Wildman–Crippen LogP) is 7.03. The Hall–Kier alpha value is -4.98. The van der Waals surface area contributed by atoms with E-state index >= 15 is 0 Å². The van der Waals surface area contributed by atoms with Crippen LogP contribution < -0.4 is 19.5 Å². The van der Waals surface area contributed by atoms with Crippen molar-refractivity contribution in [2.75, 3.05) is 7.11 Å². The molecule has 0 bridgehead atoms. The first-order chi connectivity index (χ1) is 21.2. The molecule has 0 aromatic heterocycles. The van der Waals surface area contributed by atoms with E-state index in [0.29, 0.717) is 30.5 Å². The summed E-state index contributed by atoms with van der Waals surface area (Å²) >= 11 is 0. The Balaban J connectivity index is 1.40. The lowest BCUT2D eigenvalue weighted by Gasteiger charge is -2.22. The summed E-state index contributed by atoms with van der Waals surface area (Å²) in [4.78, 5) is 24.6. The molecular weight excluding hydrogens is 558 g/mol. The second-order valence-corrected chi connectivity index (χ2v) is 11.2. The maximum absolute atomic E-state index is 12.3. The van der Waals surface area contributed by atoms with E-state index in [-0.39, 0.29) is 13.0 Å². The number of rotatable bonds is 13. The number of benzene rings is 4. The number of nitrogens with one attached hydrogen (secondary N) is 1. The molecule has 0 aliphatic carbocycles. The molecule has 230 valence electrons. The van der Waals surface area contributed by atoms with Crippen LogP contribution in [0.3, 0.4) is 0 Å². The smallest absolute Gasteiger partial charge is 0.408 e. The molecule has 8 nitrogen and oxygen atoms in total. The van der Waals surface area contributed by atoms with Gasteiger partial charge >= 0.3 is 12.1 Å².